The van der Waals surface area contributed by atoms with Crippen LogP contribution in [0, 0.1) is 0 Å². The largest absolute Gasteiger partial charge is 0.489 e. The molecular formula is C21H25NO4. The van der Waals surface area contributed by atoms with Crippen LogP contribution in [0.3, 0.4) is 0 Å². The van der Waals surface area contributed by atoms with Gasteiger partial charge in [-0.3, -0.25) is 0 Å². The smallest absolute Gasteiger partial charge is 0.407 e. The summed E-state index contributed by atoms with van der Waals surface area (Å²) in [7, 11) is 0. The van der Waals surface area contributed by atoms with Gasteiger partial charge in [0, 0.05) is 0 Å². The molecule has 138 valence electrons. The summed E-state index contributed by atoms with van der Waals surface area (Å²) in [4.78, 5) is 22.8. The Kier molecular flexibility index (Phi) is 8.19. The number of alkyl carbamates (subject to hydrolysis) is 1. The van der Waals surface area contributed by atoms with E-state index < -0.39 is 12.1 Å². The molecule has 0 aliphatic heterocycles. The summed E-state index contributed by atoms with van der Waals surface area (Å²) in [5.41, 5.74) is 2.03. The third-order valence-corrected chi connectivity index (χ3v) is 3.83. The molecule has 0 fully saturated rings. The minimum absolute atomic E-state index is 0.362. The molecule has 2 aromatic rings. The number of aldehydes is 1. The number of ether oxygens (including phenoxy) is 2. The van der Waals surface area contributed by atoms with E-state index in [2.05, 4.69) is 5.32 Å². The van der Waals surface area contributed by atoms with Crippen molar-refractivity contribution in [2.45, 2.75) is 38.8 Å². The summed E-state index contributed by atoms with van der Waals surface area (Å²) in [5.74, 6) is 0.757. The zero-order valence-corrected chi connectivity index (χ0v) is 15.0. The Morgan fingerprint density at radius 2 is 1.81 bits per heavy atom. The maximum Gasteiger partial charge on any atom is 0.407 e. The maximum atomic E-state index is 11.6. The van der Waals surface area contributed by atoms with Crippen molar-refractivity contribution in [3.8, 4) is 5.75 Å². The molecular weight excluding hydrogens is 330 g/mol. The van der Waals surface area contributed by atoms with Crippen LogP contribution in [0.5, 0.6) is 5.75 Å². The molecule has 26 heavy (non-hydrogen) atoms. The van der Waals surface area contributed by atoms with Gasteiger partial charge >= 0.3 is 6.09 Å². The lowest BCUT2D eigenvalue weighted by molar-refractivity contribution is -0.109. The highest BCUT2D eigenvalue weighted by atomic mass is 16.5. The van der Waals surface area contributed by atoms with Crippen molar-refractivity contribution in [3.63, 3.8) is 0 Å². The van der Waals surface area contributed by atoms with Crippen LogP contribution in [-0.2, 0) is 22.6 Å². The van der Waals surface area contributed by atoms with E-state index in [0.717, 1.165) is 36.0 Å². The highest BCUT2D eigenvalue weighted by Crippen LogP contribution is 2.15. The van der Waals surface area contributed by atoms with Gasteiger partial charge in [0.1, 0.15) is 18.6 Å². The number of benzene rings is 2. The second-order valence-corrected chi connectivity index (χ2v) is 6.00. The molecule has 2 aromatic carbocycles. The van der Waals surface area contributed by atoms with Gasteiger partial charge in [0.25, 0.3) is 0 Å². The van der Waals surface area contributed by atoms with Gasteiger partial charge in [-0.2, -0.15) is 0 Å². The van der Waals surface area contributed by atoms with Crippen LogP contribution in [0.4, 0.5) is 4.79 Å². The summed E-state index contributed by atoms with van der Waals surface area (Å²) < 4.78 is 10.8. The fraction of sp³-hybridized carbons (Fsp3) is 0.333. The van der Waals surface area contributed by atoms with E-state index in [1.165, 1.54) is 0 Å². The van der Waals surface area contributed by atoms with E-state index in [9.17, 15) is 9.59 Å². The normalized spacial score (nSPS) is 11.4. The lowest BCUT2D eigenvalue weighted by Gasteiger charge is -2.13. The van der Waals surface area contributed by atoms with Gasteiger partial charge in [-0.25, -0.2) is 4.79 Å². The minimum Gasteiger partial charge on any atom is -0.489 e. The number of hydrogen-bond donors (Lipinski definition) is 1. The van der Waals surface area contributed by atoms with E-state index in [-0.39, 0.29) is 0 Å². The number of nitrogens with one attached hydrogen (secondary N) is 1. The molecule has 0 aliphatic carbocycles. The number of carbonyl (C=O) groups excluding carboxylic acids is 2. The van der Waals surface area contributed by atoms with E-state index in [1.807, 2.05) is 61.5 Å². The van der Waals surface area contributed by atoms with Gasteiger partial charge in [0.2, 0.25) is 0 Å². The molecule has 0 saturated heterocycles. The van der Waals surface area contributed by atoms with Crippen LogP contribution in [0.1, 0.15) is 30.9 Å². The molecule has 1 atom stereocenters. The molecule has 0 aromatic heterocycles. The fourth-order valence-corrected chi connectivity index (χ4v) is 2.35. The van der Waals surface area contributed by atoms with Gasteiger partial charge in [-0.1, -0.05) is 55.8 Å². The van der Waals surface area contributed by atoms with Crippen LogP contribution in [0.25, 0.3) is 0 Å². The SMILES string of the molecule is CCCCOC(=O)N[C@H](C=O)Cc1ccc(OCc2ccccc2)cc1. The number of amides is 1. The van der Waals surface area contributed by atoms with Crippen LogP contribution in [0.2, 0.25) is 0 Å². The molecule has 0 bridgehead atoms. The Hall–Kier alpha value is -2.82. The molecule has 0 aliphatic rings. The Morgan fingerprint density at radius 3 is 2.46 bits per heavy atom. The van der Waals surface area contributed by atoms with E-state index in [0.29, 0.717) is 19.6 Å². The zero-order valence-electron chi connectivity index (χ0n) is 15.0. The van der Waals surface area contributed by atoms with Crippen LogP contribution in [-0.4, -0.2) is 25.0 Å². The van der Waals surface area contributed by atoms with Crippen LogP contribution in [0.15, 0.2) is 54.6 Å². The van der Waals surface area contributed by atoms with Gasteiger partial charge in [0.15, 0.2) is 0 Å². The Labute approximate surface area is 154 Å². The maximum absolute atomic E-state index is 11.6. The highest BCUT2D eigenvalue weighted by molar-refractivity contribution is 5.73. The zero-order chi connectivity index (χ0) is 18.6. The first-order valence-corrected chi connectivity index (χ1v) is 8.85. The molecule has 0 saturated carbocycles. The molecule has 1 amide bonds. The highest BCUT2D eigenvalue weighted by Gasteiger charge is 2.13. The average Bonchev–Trinajstić information content (AvgIpc) is 2.68. The number of carbonyl (C=O) groups is 2. The van der Waals surface area contributed by atoms with Gasteiger partial charge < -0.3 is 19.6 Å². The predicted octanol–water partition coefficient (Wildman–Crippen LogP) is 3.90. The van der Waals surface area contributed by atoms with E-state index >= 15 is 0 Å². The fourth-order valence-electron chi connectivity index (χ4n) is 2.35. The van der Waals surface area contributed by atoms with E-state index in [1.54, 1.807) is 0 Å². The molecule has 1 N–H and O–H groups in total. The van der Waals surface area contributed by atoms with Crippen molar-refractivity contribution in [1.29, 1.82) is 0 Å². The molecule has 5 heteroatoms. The van der Waals surface area contributed by atoms with Crippen LogP contribution < -0.4 is 10.1 Å². The van der Waals surface area contributed by atoms with Crippen molar-refractivity contribution < 1.29 is 19.1 Å². The molecule has 0 unspecified atom stereocenters. The Morgan fingerprint density at radius 1 is 1.08 bits per heavy atom. The van der Waals surface area contributed by atoms with Crippen molar-refractivity contribution in [2.75, 3.05) is 6.61 Å². The third-order valence-electron chi connectivity index (χ3n) is 3.83. The molecule has 2 rings (SSSR count). The average molecular weight is 355 g/mol. The standard InChI is InChI=1S/C21H25NO4/c1-2-3-13-25-21(24)22-19(15-23)14-17-9-11-20(12-10-17)26-16-18-7-5-4-6-8-18/h4-12,15,19H,2-3,13-14,16H2,1H3,(H,22,24)/t19-/m0/s1. The third kappa shape index (κ3) is 6.97. The van der Waals surface area contributed by atoms with Crippen molar-refractivity contribution in [2.24, 2.45) is 0 Å². The molecule has 0 radical (unpaired) electrons. The predicted molar refractivity (Wildman–Crippen MR) is 100 cm³/mol. The number of unbranched alkanes of at least 4 members (excludes halogenated alkanes) is 1. The topological polar surface area (TPSA) is 64.6 Å². The Balaban J connectivity index is 1.80. The lowest BCUT2D eigenvalue weighted by atomic mass is 10.1. The summed E-state index contributed by atoms with van der Waals surface area (Å²) in [6.07, 6.45) is 2.33. The Bertz CT molecular complexity index is 670. The molecule has 0 heterocycles. The van der Waals surface area contributed by atoms with Gasteiger partial charge in [-0.15, -0.1) is 0 Å². The lowest BCUT2D eigenvalue weighted by Crippen LogP contribution is -2.38. The van der Waals surface area contributed by atoms with Gasteiger partial charge in [-0.05, 0) is 36.1 Å². The van der Waals surface area contributed by atoms with Crippen molar-refractivity contribution in [3.05, 3.63) is 65.7 Å². The van der Waals surface area contributed by atoms with Gasteiger partial charge in [0.05, 0.1) is 12.6 Å². The van der Waals surface area contributed by atoms with Crippen molar-refractivity contribution in [1.82, 2.24) is 5.32 Å². The van der Waals surface area contributed by atoms with E-state index in [4.69, 9.17) is 9.47 Å². The minimum atomic E-state index is -0.611. The summed E-state index contributed by atoms with van der Waals surface area (Å²) >= 11 is 0. The number of hydrogen-bond acceptors (Lipinski definition) is 4. The quantitative estimate of drug-likeness (QED) is 0.518. The first-order valence-electron chi connectivity index (χ1n) is 8.85. The summed E-state index contributed by atoms with van der Waals surface area (Å²) in [6.45, 7) is 2.88. The first-order chi connectivity index (χ1) is 12.7. The monoisotopic (exact) mass is 355 g/mol. The first kappa shape index (κ1) is 19.5. The second-order valence-electron chi connectivity index (χ2n) is 6.00. The van der Waals surface area contributed by atoms with Crippen molar-refractivity contribution >= 4 is 12.4 Å². The molecule has 5 nitrogen and oxygen atoms in total. The summed E-state index contributed by atoms with van der Waals surface area (Å²) in [6, 6.07) is 16.8. The summed E-state index contributed by atoms with van der Waals surface area (Å²) in [5, 5.41) is 2.57. The molecule has 0 spiro atoms. The van der Waals surface area contributed by atoms with Crippen LogP contribution >= 0.6 is 0 Å². The number of rotatable bonds is 10. The second kappa shape index (κ2) is 10.9.